The van der Waals surface area contributed by atoms with E-state index in [4.69, 9.17) is 18.0 Å². The van der Waals surface area contributed by atoms with Crippen LogP contribution in [0, 0.1) is 35.5 Å². The maximum Gasteiger partial charge on any atom is 0.178 e. The van der Waals surface area contributed by atoms with Crippen molar-refractivity contribution in [1.82, 2.24) is 19.5 Å². The Balaban J connectivity index is 1.86. The average Bonchev–Trinajstić information content (AvgIpc) is 3.08. The van der Waals surface area contributed by atoms with E-state index in [0.29, 0.717) is 28.2 Å². The number of hydrogen-bond acceptors (Lipinski definition) is 4. The van der Waals surface area contributed by atoms with Gasteiger partial charge in [0.05, 0.1) is 21.7 Å². The minimum atomic E-state index is 0.203. The second-order valence-corrected chi connectivity index (χ2v) is 8.64. The smallest absolute Gasteiger partial charge is 0.178 e. The molecule has 5 nitrogen and oxygen atoms in total. The van der Waals surface area contributed by atoms with Crippen molar-refractivity contribution in [2.75, 3.05) is 0 Å². The van der Waals surface area contributed by atoms with Crippen molar-refractivity contribution < 1.29 is 0 Å². The molecule has 0 bridgehead atoms. The number of hydrogen-bond donors (Lipinski definition) is 0. The summed E-state index contributed by atoms with van der Waals surface area (Å²) in [6, 6.07) is 5.86. The number of nitrogens with zero attached hydrogens (tertiary/aromatic N) is 5. The first-order valence-electron chi connectivity index (χ1n) is 9.57. The first-order chi connectivity index (χ1) is 14.0. The standard InChI is InChI=1S/C22H19BrClN5/c1-3-14-4-6-15(7-5-14)13(2)29-21-19(28-22(29)23)9-18(10-25)27-20(21)16-8-17(24)12-26-11-16/h1,8-9,11-15H,4-7H2,2H3. The zero-order valence-corrected chi connectivity index (χ0v) is 18.3. The Kier molecular flexibility index (Phi) is 5.58. The number of aromatic nitrogens is 4. The van der Waals surface area contributed by atoms with Crippen LogP contribution in [-0.2, 0) is 0 Å². The van der Waals surface area contributed by atoms with Gasteiger partial charge in [-0.05, 0) is 60.5 Å². The lowest BCUT2D eigenvalue weighted by Gasteiger charge is -2.32. The Bertz CT molecular complexity index is 1150. The van der Waals surface area contributed by atoms with Crippen LogP contribution in [0.1, 0.15) is 44.3 Å². The van der Waals surface area contributed by atoms with Gasteiger partial charge in [0.2, 0.25) is 0 Å². The van der Waals surface area contributed by atoms with Crippen LogP contribution in [-0.4, -0.2) is 19.5 Å². The molecule has 0 aromatic carbocycles. The normalized spacial score (nSPS) is 20.2. The van der Waals surface area contributed by atoms with Gasteiger partial charge in [-0.15, -0.1) is 12.3 Å². The summed E-state index contributed by atoms with van der Waals surface area (Å²) in [6.45, 7) is 2.21. The molecule has 1 unspecified atom stereocenters. The second kappa shape index (κ2) is 8.14. The first-order valence-corrected chi connectivity index (χ1v) is 10.7. The number of halogens is 2. The molecule has 1 atom stereocenters. The molecule has 29 heavy (non-hydrogen) atoms. The van der Waals surface area contributed by atoms with Crippen molar-refractivity contribution in [2.45, 2.75) is 38.6 Å². The van der Waals surface area contributed by atoms with Gasteiger partial charge in [-0.1, -0.05) is 11.6 Å². The van der Waals surface area contributed by atoms with Crippen LogP contribution in [0.15, 0.2) is 29.3 Å². The minimum Gasteiger partial charge on any atom is -0.314 e. The third kappa shape index (κ3) is 3.75. The molecule has 0 saturated heterocycles. The highest BCUT2D eigenvalue weighted by molar-refractivity contribution is 9.10. The van der Waals surface area contributed by atoms with Crippen molar-refractivity contribution in [2.24, 2.45) is 11.8 Å². The third-order valence-electron chi connectivity index (χ3n) is 5.81. The van der Waals surface area contributed by atoms with E-state index in [-0.39, 0.29) is 6.04 Å². The van der Waals surface area contributed by atoms with Gasteiger partial charge >= 0.3 is 0 Å². The minimum absolute atomic E-state index is 0.203. The molecule has 146 valence electrons. The number of imidazole rings is 1. The zero-order valence-electron chi connectivity index (χ0n) is 15.9. The Morgan fingerprint density at radius 3 is 2.66 bits per heavy atom. The summed E-state index contributed by atoms with van der Waals surface area (Å²) in [4.78, 5) is 13.5. The van der Waals surface area contributed by atoms with E-state index >= 15 is 0 Å². The molecule has 3 aromatic rings. The first kappa shape index (κ1) is 19.9. The van der Waals surface area contributed by atoms with Crippen molar-refractivity contribution >= 4 is 38.6 Å². The van der Waals surface area contributed by atoms with Crippen molar-refractivity contribution in [3.05, 3.63) is 40.0 Å². The fourth-order valence-electron chi connectivity index (χ4n) is 4.24. The van der Waals surface area contributed by atoms with Crippen molar-refractivity contribution in [1.29, 1.82) is 5.26 Å². The predicted octanol–water partition coefficient (Wildman–Crippen LogP) is 5.78. The van der Waals surface area contributed by atoms with E-state index < -0.39 is 0 Å². The van der Waals surface area contributed by atoms with Crippen LogP contribution < -0.4 is 0 Å². The number of fused-ring (bicyclic) bond motifs is 1. The van der Waals surface area contributed by atoms with Gasteiger partial charge in [0.15, 0.2) is 4.73 Å². The fraction of sp³-hybridized carbons (Fsp3) is 0.364. The molecule has 0 radical (unpaired) electrons. The molecular weight excluding hydrogens is 450 g/mol. The Morgan fingerprint density at radius 1 is 1.24 bits per heavy atom. The van der Waals surface area contributed by atoms with Crippen molar-refractivity contribution in [3.8, 4) is 29.7 Å². The average molecular weight is 469 g/mol. The van der Waals surface area contributed by atoms with E-state index in [1.54, 1.807) is 18.5 Å². The topological polar surface area (TPSA) is 67.4 Å². The molecule has 0 amide bonds. The highest BCUT2D eigenvalue weighted by Gasteiger charge is 2.29. The van der Waals surface area contributed by atoms with Gasteiger partial charge in [0.25, 0.3) is 0 Å². The van der Waals surface area contributed by atoms with Crippen LogP contribution in [0.2, 0.25) is 5.02 Å². The molecule has 0 aliphatic heterocycles. The quantitative estimate of drug-likeness (QED) is 0.457. The summed E-state index contributed by atoms with van der Waals surface area (Å²) in [5, 5.41) is 9.96. The van der Waals surface area contributed by atoms with Crippen LogP contribution in [0.25, 0.3) is 22.3 Å². The van der Waals surface area contributed by atoms with Crippen LogP contribution in [0.5, 0.6) is 0 Å². The summed E-state index contributed by atoms with van der Waals surface area (Å²) in [7, 11) is 0. The molecule has 7 heteroatoms. The van der Waals surface area contributed by atoms with Gasteiger partial charge in [-0.3, -0.25) is 4.98 Å². The molecule has 1 fully saturated rings. The fourth-order valence-corrected chi connectivity index (χ4v) is 5.11. The third-order valence-corrected chi connectivity index (χ3v) is 6.58. The monoisotopic (exact) mass is 467 g/mol. The summed E-state index contributed by atoms with van der Waals surface area (Å²) >= 11 is 9.81. The van der Waals surface area contributed by atoms with E-state index in [0.717, 1.165) is 47.0 Å². The van der Waals surface area contributed by atoms with Gasteiger partial charge in [0, 0.05) is 36.0 Å². The van der Waals surface area contributed by atoms with E-state index in [1.807, 2.05) is 6.07 Å². The Labute approximate surface area is 183 Å². The molecule has 0 N–H and O–H groups in total. The zero-order chi connectivity index (χ0) is 20.5. The van der Waals surface area contributed by atoms with E-state index in [2.05, 4.69) is 54.4 Å². The second-order valence-electron chi connectivity index (χ2n) is 7.50. The molecule has 3 heterocycles. The summed E-state index contributed by atoms with van der Waals surface area (Å²) in [6.07, 6.45) is 13.2. The molecule has 1 aliphatic rings. The molecule has 1 aliphatic carbocycles. The summed E-state index contributed by atoms with van der Waals surface area (Å²) in [5.74, 6) is 3.78. The summed E-state index contributed by atoms with van der Waals surface area (Å²) in [5.41, 5.74) is 3.34. The Morgan fingerprint density at radius 2 is 2.00 bits per heavy atom. The maximum absolute atomic E-state index is 9.44. The van der Waals surface area contributed by atoms with Gasteiger partial charge in [0.1, 0.15) is 11.8 Å². The molecule has 1 saturated carbocycles. The van der Waals surface area contributed by atoms with E-state index in [9.17, 15) is 5.26 Å². The van der Waals surface area contributed by atoms with Crippen LogP contribution in [0.3, 0.4) is 0 Å². The maximum atomic E-state index is 9.44. The predicted molar refractivity (Wildman–Crippen MR) is 117 cm³/mol. The molecular formula is C22H19BrClN5. The Hall–Kier alpha value is -2.41. The number of rotatable bonds is 3. The molecule has 4 rings (SSSR count). The number of terminal acetylenes is 1. The number of nitriles is 1. The van der Waals surface area contributed by atoms with Gasteiger partial charge < -0.3 is 4.57 Å². The lowest BCUT2D eigenvalue weighted by Crippen LogP contribution is -2.22. The molecule has 0 spiro atoms. The highest BCUT2D eigenvalue weighted by Crippen LogP contribution is 2.40. The van der Waals surface area contributed by atoms with E-state index in [1.165, 1.54) is 0 Å². The molecule has 3 aromatic heterocycles. The van der Waals surface area contributed by atoms with Gasteiger partial charge in [-0.2, -0.15) is 5.26 Å². The largest absolute Gasteiger partial charge is 0.314 e. The van der Waals surface area contributed by atoms with Gasteiger partial charge in [-0.25, -0.2) is 9.97 Å². The van der Waals surface area contributed by atoms with Crippen molar-refractivity contribution in [3.63, 3.8) is 0 Å². The van der Waals surface area contributed by atoms with Crippen LogP contribution >= 0.6 is 27.5 Å². The van der Waals surface area contributed by atoms with Crippen LogP contribution in [0.4, 0.5) is 0 Å². The number of pyridine rings is 2. The summed E-state index contributed by atoms with van der Waals surface area (Å²) < 4.78 is 2.91. The lowest BCUT2D eigenvalue weighted by atomic mass is 9.79. The SMILES string of the molecule is C#CC1CCC(C(C)n2c(Br)nc3cc(C#N)nc(-c4cncc(Cl)c4)c32)CC1. The lowest BCUT2D eigenvalue weighted by molar-refractivity contribution is 0.241. The highest BCUT2D eigenvalue weighted by atomic mass is 79.9.